The third-order valence-corrected chi connectivity index (χ3v) is 3.27. The normalized spacial score (nSPS) is 36.7. The third kappa shape index (κ3) is 2.29. The largest absolute Gasteiger partial charge is 0.0925 e. The molecule has 0 heterocycles. The van der Waals surface area contributed by atoms with E-state index in [-0.39, 0.29) is 0 Å². The molecular formula is C8H15Br. The van der Waals surface area contributed by atoms with Gasteiger partial charge in [0.15, 0.2) is 0 Å². The van der Waals surface area contributed by atoms with E-state index in [0.717, 1.165) is 11.8 Å². The van der Waals surface area contributed by atoms with Crippen molar-refractivity contribution in [3.05, 3.63) is 0 Å². The van der Waals surface area contributed by atoms with Crippen LogP contribution in [0.15, 0.2) is 0 Å². The maximum absolute atomic E-state index is 3.53. The Labute approximate surface area is 66.2 Å². The lowest BCUT2D eigenvalue weighted by Crippen LogP contribution is -2.12. The van der Waals surface area contributed by atoms with Crippen molar-refractivity contribution in [3.8, 4) is 0 Å². The first-order chi connectivity index (χ1) is 4.33. The van der Waals surface area contributed by atoms with Gasteiger partial charge < -0.3 is 0 Å². The van der Waals surface area contributed by atoms with E-state index in [2.05, 4.69) is 22.9 Å². The van der Waals surface area contributed by atoms with Crippen molar-refractivity contribution in [2.24, 2.45) is 11.8 Å². The van der Waals surface area contributed by atoms with Crippen LogP contribution in [0.1, 0.15) is 32.6 Å². The third-order valence-electron chi connectivity index (χ3n) is 2.35. The molecule has 0 bridgehead atoms. The summed E-state index contributed by atoms with van der Waals surface area (Å²) in [6, 6.07) is 0. The summed E-state index contributed by atoms with van der Waals surface area (Å²) in [5.74, 6) is 1.99. The molecule has 9 heavy (non-hydrogen) atoms. The molecule has 1 saturated carbocycles. The van der Waals surface area contributed by atoms with Crippen molar-refractivity contribution in [1.29, 1.82) is 0 Å². The van der Waals surface area contributed by atoms with Gasteiger partial charge in [-0.2, -0.15) is 0 Å². The zero-order valence-corrected chi connectivity index (χ0v) is 7.65. The molecule has 0 atom stereocenters. The molecule has 0 aromatic carbocycles. The molecule has 1 fully saturated rings. The lowest BCUT2D eigenvalue weighted by Gasteiger charge is -2.24. The van der Waals surface area contributed by atoms with Crippen molar-refractivity contribution < 1.29 is 0 Å². The van der Waals surface area contributed by atoms with Crippen LogP contribution in [0, 0.1) is 11.8 Å². The maximum atomic E-state index is 3.53. The number of alkyl halides is 1. The highest BCUT2D eigenvalue weighted by Crippen LogP contribution is 2.28. The second-order valence-corrected chi connectivity index (χ2v) is 3.93. The van der Waals surface area contributed by atoms with Crippen LogP contribution in [0.3, 0.4) is 0 Å². The van der Waals surface area contributed by atoms with Gasteiger partial charge in [0.2, 0.25) is 0 Å². The predicted molar refractivity (Wildman–Crippen MR) is 44.9 cm³/mol. The highest BCUT2D eigenvalue weighted by atomic mass is 79.9. The average Bonchev–Trinajstić information content (AvgIpc) is 1.90. The van der Waals surface area contributed by atoms with Crippen LogP contribution in [0.2, 0.25) is 0 Å². The average molecular weight is 191 g/mol. The number of hydrogen-bond donors (Lipinski definition) is 0. The highest BCUT2D eigenvalue weighted by molar-refractivity contribution is 9.09. The van der Waals surface area contributed by atoms with Crippen LogP contribution >= 0.6 is 15.9 Å². The van der Waals surface area contributed by atoms with Gasteiger partial charge in [-0.15, -0.1) is 0 Å². The standard InChI is InChI=1S/C8H15Br/c1-7-2-4-8(6-9)5-3-7/h7-8H,2-6H2,1H3. The number of rotatable bonds is 1. The fourth-order valence-electron chi connectivity index (χ4n) is 1.48. The van der Waals surface area contributed by atoms with E-state index in [9.17, 15) is 0 Å². The molecule has 0 N–H and O–H groups in total. The highest BCUT2D eigenvalue weighted by Gasteiger charge is 2.16. The van der Waals surface area contributed by atoms with Gasteiger partial charge in [-0.1, -0.05) is 35.7 Å². The molecule has 0 aliphatic heterocycles. The lowest BCUT2D eigenvalue weighted by atomic mass is 9.84. The summed E-state index contributed by atoms with van der Waals surface area (Å²) in [5, 5.41) is 1.22. The second kappa shape index (κ2) is 3.60. The van der Waals surface area contributed by atoms with Crippen LogP contribution in [0.25, 0.3) is 0 Å². The van der Waals surface area contributed by atoms with E-state index in [1.54, 1.807) is 0 Å². The fraction of sp³-hybridized carbons (Fsp3) is 1.00. The van der Waals surface area contributed by atoms with Crippen molar-refractivity contribution in [2.45, 2.75) is 32.6 Å². The second-order valence-electron chi connectivity index (χ2n) is 3.28. The first-order valence-electron chi connectivity index (χ1n) is 3.89. The Hall–Kier alpha value is 0.480. The molecule has 0 amide bonds. The minimum Gasteiger partial charge on any atom is -0.0925 e. The number of halogens is 1. The summed E-state index contributed by atoms with van der Waals surface area (Å²) >= 11 is 3.53. The summed E-state index contributed by atoms with van der Waals surface area (Å²) in [6.07, 6.45) is 5.81. The summed E-state index contributed by atoms with van der Waals surface area (Å²) in [6.45, 7) is 2.37. The minimum absolute atomic E-state index is 0.987. The lowest BCUT2D eigenvalue weighted by molar-refractivity contribution is 0.313. The van der Waals surface area contributed by atoms with Crippen LogP contribution in [0.5, 0.6) is 0 Å². The molecular weight excluding hydrogens is 176 g/mol. The Kier molecular flexibility index (Phi) is 3.03. The Bertz CT molecular complexity index is 72.6. The Morgan fingerprint density at radius 1 is 1.22 bits per heavy atom. The van der Waals surface area contributed by atoms with Gasteiger partial charge in [0.05, 0.1) is 0 Å². The van der Waals surface area contributed by atoms with Crippen molar-refractivity contribution in [3.63, 3.8) is 0 Å². The van der Waals surface area contributed by atoms with Gasteiger partial charge in [0.1, 0.15) is 0 Å². The first-order valence-corrected chi connectivity index (χ1v) is 5.01. The maximum Gasteiger partial charge on any atom is 0.00596 e. The molecule has 1 heteroatoms. The van der Waals surface area contributed by atoms with Crippen LogP contribution in [0.4, 0.5) is 0 Å². The summed E-state index contributed by atoms with van der Waals surface area (Å²) < 4.78 is 0. The topological polar surface area (TPSA) is 0 Å². The number of hydrogen-bond acceptors (Lipinski definition) is 0. The summed E-state index contributed by atoms with van der Waals surface area (Å²) in [4.78, 5) is 0. The van der Waals surface area contributed by atoms with Crippen LogP contribution < -0.4 is 0 Å². The molecule has 0 spiro atoms. The minimum atomic E-state index is 0.987. The van der Waals surface area contributed by atoms with Gasteiger partial charge in [-0.3, -0.25) is 0 Å². The van der Waals surface area contributed by atoms with Crippen molar-refractivity contribution in [1.82, 2.24) is 0 Å². The zero-order chi connectivity index (χ0) is 6.69. The summed E-state index contributed by atoms with van der Waals surface area (Å²) in [7, 11) is 0. The molecule has 0 saturated heterocycles. The molecule has 0 nitrogen and oxygen atoms in total. The monoisotopic (exact) mass is 190 g/mol. The first kappa shape index (κ1) is 7.59. The molecule has 1 aliphatic rings. The van der Waals surface area contributed by atoms with E-state index in [1.165, 1.54) is 31.0 Å². The van der Waals surface area contributed by atoms with Gasteiger partial charge in [-0.05, 0) is 24.7 Å². The fourth-order valence-corrected chi connectivity index (χ4v) is 2.13. The van der Waals surface area contributed by atoms with E-state index >= 15 is 0 Å². The summed E-state index contributed by atoms with van der Waals surface area (Å²) in [5.41, 5.74) is 0. The Balaban J connectivity index is 2.18. The molecule has 0 unspecified atom stereocenters. The van der Waals surface area contributed by atoms with Gasteiger partial charge in [0, 0.05) is 5.33 Å². The van der Waals surface area contributed by atoms with E-state index in [4.69, 9.17) is 0 Å². The van der Waals surface area contributed by atoms with Crippen LogP contribution in [-0.4, -0.2) is 5.33 Å². The van der Waals surface area contributed by atoms with E-state index in [1.807, 2.05) is 0 Å². The quantitative estimate of drug-likeness (QED) is 0.558. The SMILES string of the molecule is CC1CCC(CBr)CC1. The molecule has 0 aromatic heterocycles. The van der Waals surface area contributed by atoms with Gasteiger partial charge in [-0.25, -0.2) is 0 Å². The van der Waals surface area contributed by atoms with Crippen LogP contribution in [-0.2, 0) is 0 Å². The van der Waals surface area contributed by atoms with E-state index in [0.29, 0.717) is 0 Å². The van der Waals surface area contributed by atoms with Gasteiger partial charge in [0.25, 0.3) is 0 Å². The van der Waals surface area contributed by atoms with Crippen molar-refractivity contribution in [2.75, 3.05) is 5.33 Å². The predicted octanol–water partition coefficient (Wildman–Crippen LogP) is 3.21. The van der Waals surface area contributed by atoms with Crippen molar-refractivity contribution >= 4 is 15.9 Å². The molecule has 0 radical (unpaired) electrons. The van der Waals surface area contributed by atoms with Gasteiger partial charge >= 0.3 is 0 Å². The zero-order valence-electron chi connectivity index (χ0n) is 6.07. The Morgan fingerprint density at radius 2 is 1.78 bits per heavy atom. The molecule has 54 valence electrons. The molecule has 0 aromatic rings. The molecule has 1 aliphatic carbocycles. The van der Waals surface area contributed by atoms with E-state index < -0.39 is 0 Å². The smallest absolute Gasteiger partial charge is 0.00596 e. The Morgan fingerprint density at radius 3 is 2.22 bits per heavy atom. The molecule has 1 rings (SSSR count).